The molecule has 0 radical (unpaired) electrons. The standard InChI is InChI=1S/C12H21N5OS/c1-3-17-6-4-8(5-7-17)15-12-9(11(18)14-2)10(13)16-19-12/h8,15H,3-7H2,1-2H3,(H2,13,16)(H,14,18). The molecule has 1 saturated heterocycles. The van der Waals surface area contributed by atoms with E-state index in [4.69, 9.17) is 5.73 Å². The Balaban J connectivity index is 2.02. The molecule has 0 saturated carbocycles. The minimum absolute atomic E-state index is 0.181. The number of nitrogens with zero attached hydrogens (tertiary/aromatic N) is 2. The van der Waals surface area contributed by atoms with E-state index in [1.54, 1.807) is 7.05 Å². The van der Waals surface area contributed by atoms with Crippen LogP contribution in [-0.2, 0) is 0 Å². The van der Waals surface area contributed by atoms with Crippen LogP contribution in [0, 0.1) is 0 Å². The van der Waals surface area contributed by atoms with Crippen molar-refractivity contribution in [2.75, 3.05) is 37.7 Å². The zero-order chi connectivity index (χ0) is 13.8. The third-order valence-corrected chi connectivity index (χ3v) is 4.34. The predicted octanol–water partition coefficient (Wildman–Crippen LogP) is 0.981. The maximum atomic E-state index is 11.8. The summed E-state index contributed by atoms with van der Waals surface area (Å²) in [6.45, 7) is 5.47. The fraction of sp³-hybridized carbons (Fsp3) is 0.667. The molecule has 1 amide bonds. The summed E-state index contributed by atoms with van der Waals surface area (Å²) in [5.41, 5.74) is 6.23. The minimum Gasteiger partial charge on any atom is -0.382 e. The summed E-state index contributed by atoms with van der Waals surface area (Å²) in [4.78, 5) is 14.2. The highest BCUT2D eigenvalue weighted by Gasteiger charge is 2.23. The molecule has 1 fully saturated rings. The molecular weight excluding hydrogens is 262 g/mol. The van der Waals surface area contributed by atoms with E-state index in [9.17, 15) is 4.79 Å². The van der Waals surface area contributed by atoms with Gasteiger partial charge in [0.2, 0.25) is 0 Å². The maximum absolute atomic E-state index is 11.8. The highest BCUT2D eigenvalue weighted by molar-refractivity contribution is 7.11. The van der Waals surface area contributed by atoms with E-state index in [1.165, 1.54) is 11.5 Å². The fourth-order valence-electron chi connectivity index (χ4n) is 2.32. The molecule has 2 heterocycles. The average Bonchev–Trinajstić information content (AvgIpc) is 2.80. The highest BCUT2D eigenvalue weighted by atomic mass is 32.1. The second-order valence-corrected chi connectivity index (χ2v) is 5.48. The van der Waals surface area contributed by atoms with Gasteiger partial charge in [-0.3, -0.25) is 4.79 Å². The largest absolute Gasteiger partial charge is 0.382 e. The zero-order valence-electron chi connectivity index (χ0n) is 11.4. The van der Waals surface area contributed by atoms with Gasteiger partial charge in [0.25, 0.3) is 5.91 Å². The number of rotatable bonds is 4. The third kappa shape index (κ3) is 3.16. The van der Waals surface area contributed by atoms with Crippen LogP contribution in [0.4, 0.5) is 10.8 Å². The van der Waals surface area contributed by atoms with Gasteiger partial charge in [-0.25, -0.2) is 0 Å². The summed E-state index contributed by atoms with van der Waals surface area (Å²) in [6.07, 6.45) is 2.16. The van der Waals surface area contributed by atoms with Crippen LogP contribution < -0.4 is 16.4 Å². The van der Waals surface area contributed by atoms with E-state index in [0.717, 1.165) is 37.5 Å². The van der Waals surface area contributed by atoms with E-state index >= 15 is 0 Å². The minimum atomic E-state index is -0.181. The lowest BCUT2D eigenvalue weighted by Gasteiger charge is -2.31. The van der Waals surface area contributed by atoms with E-state index in [1.807, 2.05) is 0 Å². The number of carbonyl (C=O) groups excluding carboxylic acids is 1. The summed E-state index contributed by atoms with van der Waals surface area (Å²) in [7, 11) is 1.60. The molecule has 19 heavy (non-hydrogen) atoms. The zero-order valence-corrected chi connectivity index (χ0v) is 12.2. The molecule has 1 aromatic rings. The van der Waals surface area contributed by atoms with Crippen molar-refractivity contribution in [1.82, 2.24) is 14.6 Å². The lowest BCUT2D eigenvalue weighted by Crippen LogP contribution is -2.39. The second-order valence-electron chi connectivity index (χ2n) is 4.70. The summed E-state index contributed by atoms with van der Waals surface area (Å²) in [6, 6.07) is 0.394. The Morgan fingerprint density at radius 1 is 1.53 bits per heavy atom. The Labute approximate surface area is 117 Å². The topological polar surface area (TPSA) is 83.3 Å². The number of likely N-dealkylation sites (tertiary alicyclic amines) is 1. The van der Waals surface area contributed by atoms with E-state index < -0.39 is 0 Å². The van der Waals surface area contributed by atoms with Gasteiger partial charge in [0.05, 0.1) is 0 Å². The van der Waals surface area contributed by atoms with Crippen molar-refractivity contribution in [1.29, 1.82) is 0 Å². The lowest BCUT2D eigenvalue weighted by molar-refractivity contribution is 0.0965. The van der Waals surface area contributed by atoms with Crippen LogP contribution in [-0.4, -0.2) is 47.9 Å². The molecule has 0 aromatic carbocycles. The van der Waals surface area contributed by atoms with Gasteiger partial charge in [0, 0.05) is 26.2 Å². The number of amides is 1. The third-order valence-electron chi connectivity index (χ3n) is 3.54. The number of nitrogens with one attached hydrogen (secondary N) is 2. The molecule has 7 heteroatoms. The molecule has 0 aliphatic carbocycles. The molecule has 1 aliphatic rings. The van der Waals surface area contributed by atoms with Gasteiger partial charge in [-0.2, -0.15) is 4.37 Å². The number of hydrogen-bond acceptors (Lipinski definition) is 6. The van der Waals surface area contributed by atoms with Crippen molar-refractivity contribution in [2.24, 2.45) is 0 Å². The number of carbonyl (C=O) groups is 1. The monoisotopic (exact) mass is 283 g/mol. The molecule has 2 rings (SSSR count). The molecule has 0 spiro atoms. The number of piperidine rings is 1. The number of nitrogen functional groups attached to an aromatic ring is 1. The quantitative estimate of drug-likeness (QED) is 0.767. The van der Waals surface area contributed by atoms with E-state index in [-0.39, 0.29) is 5.91 Å². The van der Waals surface area contributed by atoms with Gasteiger partial charge >= 0.3 is 0 Å². The molecule has 0 unspecified atom stereocenters. The Morgan fingerprint density at radius 3 is 2.79 bits per heavy atom. The summed E-state index contributed by atoms with van der Waals surface area (Å²) < 4.78 is 4.07. The van der Waals surface area contributed by atoms with Gasteiger partial charge in [-0.15, -0.1) is 0 Å². The molecule has 6 nitrogen and oxygen atoms in total. The van der Waals surface area contributed by atoms with Crippen molar-refractivity contribution < 1.29 is 4.79 Å². The Morgan fingerprint density at radius 2 is 2.21 bits per heavy atom. The maximum Gasteiger partial charge on any atom is 0.257 e. The smallest absolute Gasteiger partial charge is 0.257 e. The number of hydrogen-bond donors (Lipinski definition) is 3. The average molecular weight is 283 g/mol. The Hall–Kier alpha value is -1.34. The van der Waals surface area contributed by atoms with Crippen molar-refractivity contribution >= 4 is 28.3 Å². The molecule has 1 aromatic heterocycles. The van der Waals surface area contributed by atoms with Crippen LogP contribution in [0.5, 0.6) is 0 Å². The van der Waals surface area contributed by atoms with E-state index in [0.29, 0.717) is 17.4 Å². The predicted molar refractivity (Wildman–Crippen MR) is 78.7 cm³/mol. The van der Waals surface area contributed by atoms with Gasteiger partial charge in [0.15, 0.2) is 5.82 Å². The Bertz CT molecular complexity index is 439. The van der Waals surface area contributed by atoms with Crippen molar-refractivity contribution in [3.8, 4) is 0 Å². The SMILES string of the molecule is CCN1CCC(Nc2snc(N)c2C(=O)NC)CC1. The lowest BCUT2D eigenvalue weighted by atomic mass is 10.1. The molecule has 4 N–H and O–H groups in total. The van der Waals surface area contributed by atoms with Crippen molar-refractivity contribution in [3.05, 3.63) is 5.56 Å². The molecule has 0 bridgehead atoms. The van der Waals surface area contributed by atoms with Gasteiger partial charge in [0.1, 0.15) is 10.6 Å². The van der Waals surface area contributed by atoms with E-state index in [2.05, 4.69) is 26.8 Å². The van der Waals surface area contributed by atoms with Gasteiger partial charge in [-0.1, -0.05) is 6.92 Å². The van der Waals surface area contributed by atoms with Crippen LogP contribution in [0.25, 0.3) is 0 Å². The first-order valence-corrected chi connectivity index (χ1v) is 7.39. The van der Waals surface area contributed by atoms with Crippen molar-refractivity contribution in [3.63, 3.8) is 0 Å². The number of aromatic nitrogens is 1. The van der Waals surface area contributed by atoms with Crippen molar-refractivity contribution in [2.45, 2.75) is 25.8 Å². The first-order chi connectivity index (χ1) is 9.15. The van der Waals surface area contributed by atoms with Crippen LogP contribution in [0.2, 0.25) is 0 Å². The van der Waals surface area contributed by atoms with Gasteiger partial charge in [-0.05, 0) is 30.9 Å². The summed E-state index contributed by atoms with van der Waals surface area (Å²) >= 11 is 1.26. The van der Waals surface area contributed by atoms with Gasteiger partial charge < -0.3 is 21.3 Å². The van der Waals surface area contributed by atoms with Crippen LogP contribution in [0.15, 0.2) is 0 Å². The number of anilines is 2. The van der Waals surface area contributed by atoms with Crippen LogP contribution >= 0.6 is 11.5 Å². The van der Waals surface area contributed by atoms with Crippen LogP contribution in [0.1, 0.15) is 30.1 Å². The first kappa shape index (κ1) is 14.1. The highest BCUT2D eigenvalue weighted by Crippen LogP contribution is 2.28. The molecule has 1 aliphatic heterocycles. The first-order valence-electron chi connectivity index (χ1n) is 6.61. The summed E-state index contributed by atoms with van der Waals surface area (Å²) in [5, 5.41) is 6.80. The number of nitrogens with two attached hydrogens (primary N) is 1. The normalized spacial score (nSPS) is 17.4. The summed E-state index contributed by atoms with van der Waals surface area (Å²) in [5.74, 6) is 0.123. The molecule has 106 valence electrons. The Kier molecular flexibility index (Phi) is 4.60. The second kappa shape index (κ2) is 6.21. The molecular formula is C12H21N5OS. The fourth-order valence-corrected chi connectivity index (χ4v) is 3.11. The molecule has 0 atom stereocenters. The van der Waals surface area contributed by atoms with Crippen LogP contribution in [0.3, 0.4) is 0 Å².